The van der Waals surface area contributed by atoms with Crippen LogP contribution in [-0.2, 0) is 0 Å². The van der Waals surface area contributed by atoms with E-state index >= 15 is 0 Å². The molecule has 284 valence electrons. The lowest BCUT2D eigenvalue weighted by atomic mass is 9.92. The lowest BCUT2D eigenvalue weighted by molar-refractivity contribution is 1.52. The molecule has 5 aromatic carbocycles. The molecule has 0 saturated heterocycles. The average Bonchev–Trinajstić information content (AvgIpc) is 3.81. The van der Waals surface area contributed by atoms with Crippen LogP contribution in [-0.4, -0.2) is 8.07 Å². The van der Waals surface area contributed by atoms with Crippen LogP contribution in [0.4, 0.5) is 0 Å². The Bertz CT molecular complexity index is 2880. The van der Waals surface area contributed by atoms with Crippen molar-refractivity contribution < 1.29 is 0 Å². The Morgan fingerprint density at radius 3 is 1.21 bits per heavy atom. The molecule has 0 fully saturated rings. The summed E-state index contributed by atoms with van der Waals surface area (Å²) in [6.45, 7) is 24.0. The van der Waals surface area contributed by atoms with Gasteiger partial charge < -0.3 is 0 Å². The molecule has 0 amide bonds. The van der Waals surface area contributed by atoms with Crippen molar-refractivity contribution in [2.24, 2.45) is 0 Å². The van der Waals surface area contributed by atoms with E-state index in [0.29, 0.717) is 0 Å². The van der Waals surface area contributed by atoms with Crippen molar-refractivity contribution in [2.45, 2.75) is 75.0 Å². The third-order valence-corrected chi connectivity index (χ3v) is 13.5. The van der Waals surface area contributed by atoms with Crippen molar-refractivity contribution in [2.75, 3.05) is 0 Å². The molecule has 57 heavy (non-hydrogen) atoms. The molecule has 0 aliphatic carbocycles. The van der Waals surface area contributed by atoms with Crippen LogP contribution < -0.4 is 0 Å². The second kappa shape index (κ2) is 18.0. The predicted molar refractivity (Wildman–Crippen MR) is 258 cm³/mol. The molecule has 8 rings (SSSR count). The molecule has 0 aliphatic heterocycles. The van der Waals surface area contributed by atoms with Gasteiger partial charge in [0.1, 0.15) is 8.07 Å². The first-order valence-corrected chi connectivity index (χ1v) is 25.3. The van der Waals surface area contributed by atoms with Crippen molar-refractivity contribution in [1.82, 2.24) is 0 Å². The fourth-order valence-corrected chi connectivity index (χ4v) is 9.97. The lowest BCUT2D eigenvalue weighted by Crippen LogP contribution is -2.16. The predicted octanol–water partition coefficient (Wildman–Crippen LogP) is 15.2. The van der Waals surface area contributed by atoms with Crippen molar-refractivity contribution >= 4 is 74.4 Å². The SMILES string of the molecule is Cc1cc(C#C[Si](C)(C)C)c(C)s1.Cc1cc(C#Cc2c3ccccc3c(C)c3ccccc23)c(C)s1.Cc1cc(C#Cc2ccc(C)c3ccccc23)c(C)s1. The second-order valence-electron chi connectivity index (χ2n) is 15.5. The third-order valence-electron chi connectivity index (χ3n) is 9.69. The molecule has 0 atom stereocenters. The minimum atomic E-state index is -1.21. The normalized spacial score (nSPS) is 10.6. The van der Waals surface area contributed by atoms with Crippen LogP contribution in [0.3, 0.4) is 0 Å². The Labute approximate surface area is 353 Å². The summed E-state index contributed by atoms with van der Waals surface area (Å²) in [7, 11) is -1.21. The topological polar surface area (TPSA) is 0 Å². The summed E-state index contributed by atoms with van der Waals surface area (Å²) in [4.78, 5) is 7.93. The standard InChI is InChI=1S/C23H18S.C19H16S.C11H16SSi/c1-15-14-18(17(3)24-15)12-13-23-21-10-6-4-8-19(21)16(2)20-9-5-7-11-22(20)23;1-13-8-9-16(19-7-5-4-6-18(13)19)10-11-17-12-14(2)20-15(17)3;1-9-8-11(10(2)12-9)6-7-13(3,4)5/h4-11,14H,1-3H3;4-9,12H,1-3H3;8H,1-5H3. The van der Waals surface area contributed by atoms with Crippen LogP contribution in [0.1, 0.15) is 68.2 Å². The Kier molecular flexibility index (Phi) is 13.1. The molecule has 3 aromatic heterocycles. The van der Waals surface area contributed by atoms with E-state index in [-0.39, 0.29) is 0 Å². The maximum absolute atomic E-state index is 3.48. The Morgan fingerprint density at radius 2 is 0.772 bits per heavy atom. The molecule has 0 N–H and O–H groups in total. The van der Waals surface area contributed by atoms with Gasteiger partial charge in [0.15, 0.2) is 0 Å². The molecule has 0 spiro atoms. The van der Waals surface area contributed by atoms with E-state index in [2.05, 4.69) is 213 Å². The van der Waals surface area contributed by atoms with Crippen LogP contribution in [0, 0.1) is 90.5 Å². The summed E-state index contributed by atoms with van der Waals surface area (Å²) in [5.74, 6) is 16.9. The highest BCUT2D eigenvalue weighted by atomic mass is 32.1. The zero-order chi connectivity index (χ0) is 40.9. The smallest absolute Gasteiger partial charge is 0.129 e. The first-order chi connectivity index (χ1) is 27.2. The number of hydrogen-bond donors (Lipinski definition) is 0. The van der Waals surface area contributed by atoms with E-state index < -0.39 is 8.07 Å². The van der Waals surface area contributed by atoms with Gasteiger partial charge in [-0.15, -0.1) is 39.6 Å². The third kappa shape index (κ3) is 10.3. The van der Waals surface area contributed by atoms with Gasteiger partial charge in [-0.05, 0) is 123 Å². The van der Waals surface area contributed by atoms with Gasteiger partial charge in [-0.2, -0.15) is 0 Å². The van der Waals surface area contributed by atoms with E-state index in [1.807, 2.05) is 34.0 Å². The van der Waals surface area contributed by atoms with Crippen molar-refractivity contribution in [3.8, 4) is 35.1 Å². The number of benzene rings is 5. The van der Waals surface area contributed by atoms with E-state index in [1.54, 1.807) is 0 Å². The molecule has 3 heterocycles. The minimum absolute atomic E-state index is 1.11. The maximum atomic E-state index is 3.48. The van der Waals surface area contributed by atoms with Gasteiger partial charge in [0.25, 0.3) is 0 Å². The van der Waals surface area contributed by atoms with Crippen molar-refractivity contribution in [3.05, 3.63) is 171 Å². The number of aryl methyl sites for hydroxylation is 8. The van der Waals surface area contributed by atoms with Crippen LogP contribution >= 0.6 is 34.0 Å². The van der Waals surface area contributed by atoms with Gasteiger partial charge in [-0.3, -0.25) is 0 Å². The number of rotatable bonds is 0. The fourth-order valence-electron chi connectivity index (χ4n) is 6.82. The van der Waals surface area contributed by atoms with Gasteiger partial charge >= 0.3 is 0 Å². The van der Waals surface area contributed by atoms with E-state index in [0.717, 1.165) is 22.3 Å². The quantitative estimate of drug-likeness (QED) is 0.0813. The van der Waals surface area contributed by atoms with Gasteiger partial charge in [0, 0.05) is 57.1 Å². The number of hydrogen-bond acceptors (Lipinski definition) is 3. The molecular formula is C53H50S3Si. The molecule has 0 bridgehead atoms. The van der Waals surface area contributed by atoms with Crippen LogP contribution in [0.5, 0.6) is 0 Å². The van der Waals surface area contributed by atoms with Gasteiger partial charge in [-0.1, -0.05) is 128 Å². The van der Waals surface area contributed by atoms with E-state index in [1.165, 1.54) is 78.3 Å². The summed E-state index contributed by atoms with van der Waals surface area (Å²) in [5, 5.41) is 7.59. The Balaban J connectivity index is 0.000000151. The summed E-state index contributed by atoms with van der Waals surface area (Å²) in [6, 6.07) is 36.5. The molecule has 8 aromatic rings. The summed E-state index contributed by atoms with van der Waals surface area (Å²) >= 11 is 5.45. The van der Waals surface area contributed by atoms with Crippen molar-refractivity contribution in [3.63, 3.8) is 0 Å². The summed E-state index contributed by atoms with van der Waals surface area (Å²) in [5.41, 5.74) is 11.8. The zero-order valence-electron chi connectivity index (χ0n) is 35.0. The summed E-state index contributed by atoms with van der Waals surface area (Å²) < 4.78 is 0. The Hall–Kier alpha value is -5.12. The van der Waals surface area contributed by atoms with Crippen LogP contribution in [0.25, 0.3) is 32.3 Å². The Morgan fingerprint density at radius 1 is 0.386 bits per heavy atom. The van der Waals surface area contributed by atoms with E-state index in [9.17, 15) is 0 Å². The van der Waals surface area contributed by atoms with Crippen molar-refractivity contribution in [1.29, 1.82) is 0 Å². The molecule has 4 heteroatoms. The highest BCUT2D eigenvalue weighted by molar-refractivity contribution is 7.12. The molecule has 0 saturated carbocycles. The fraction of sp³-hybridized carbons (Fsp3) is 0.208. The van der Waals surface area contributed by atoms with E-state index in [4.69, 9.17) is 0 Å². The molecule has 0 nitrogen and oxygen atoms in total. The van der Waals surface area contributed by atoms with Gasteiger partial charge in [0.2, 0.25) is 0 Å². The average molecular weight is 811 g/mol. The van der Waals surface area contributed by atoms with Gasteiger partial charge in [-0.25, -0.2) is 0 Å². The zero-order valence-corrected chi connectivity index (χ0v) is 38.5. The van der Waals surface area contributed by atoms with Crippen LogP contribution in [0.2, 0.25) is 19.6 Å². The largest absolute Gasteiger partial charge is 0.145 e. The highest BCUT2D eigenvalue weighted by Crippen LogP contribution is 2.32. The second-order valence-corrected chi connectivity index (χ2v) is 24.7. The number of fused-ring (bicyclic) bond motifs is 3. The minimum Gasteiger partial charge on any atom is -0.145 e. The monoisotopic (exact) mass is 810 g/mol. The molecule has 0 aliphatic rings. The lowest BCUT2D eigenvalue weighted by Gasteiger charge is -2.10. The van der Waals surface area contributed by atoms with Crippen LogP contribution in [0.15, 0.2) is 103 Å². The van der Waals surface area contributed by atoms with Gasteiger partial charge in [0.05, 0.1) is 0 Å². The molecule has 0 radical (unpaired) electrons. The first-order valence-electron chi connectivity index (χ1n) is 19.3. The molecular weight excluding hydrogens is 761 g/mol. The maximum Gasteiger partial charge on any atom is 0.129 e. The molecule has 0 unspecified atom stereocenters. The summed E-state index contributed by atoms with van der Waals surface area (Å²) in [6.07, 6.45) is 0. The first kappa shape index (κ1) is 41.5. The number of thiophene rings is 3. The highest BCUT2D eigenvalue weighted by Gasteiger charge is 2.10.